The summed E-state index contributed by atoms with van der Waals surface area (Å²) < 4.78 is 0. The molecule has 0 radical (unpaired) electrons. The molecule has 1 nitrogen and oxygen atoms in total. The molecule has 0 unspecified atom stereocenters. The zero-order valence-electron chi connectivity index (χ0n) is 9.06. The van der Waals surface area contributed by atoms with Crippen molar-refractivity contribution in [1.82, 2.24) is 5.32 Å². The summed E-state index contributed by atoms with van der Waals surface area (Å²) in [5.74, 6) is 1.03. The van der Waals surface area contributed by atoms with Crippen LogP contribution in [0, 0.1) is 11.8 Å². The number of thiocarbonyl (C=S) groups is 1. The van der Waals surface area contributed by atoms with E-state index in [4.69, 9.17) is 12.2 Å². The summed E-state index contributed by atoms with van der Waals surface area (Å²) in [7, 11) is 0. The van der Waals surface area contributed by atoms with Gasteiger partial charge in [-0.2, -0.15) is 0 Å². The summed E-state index contributed by atoms with van der Waals surface area (Å²) in [5.41, 5.74) is 0.112. The van der Waals surface area contributed by atoms with Gasteiger partial charge < -0.3 is 5.32 Å². The molecule has 0 amide bonds. The number of rotatable bonds is 3. The highest BCUT2D eigenvalue weighted by molar-refractivity contribution is 7.80. The van der Waals surface area contributed by atoms with Crippen molar-refractivity contribution in [2.24, 2.45) is 11.8 Å². The highest BCUT2D eigenvalue weighted by Gasteiger charge is 2.23. The summed E-state index contributed by atoms with van der Waals surface area (Å²) in [6.45, 7) is 13.0. The van der Waals surface area contributed by atoms with E-state index in [9.17, 15) is 0 Å². The van der Waals surface area contributed by atoms with Crippen LogP contribution < -0.4 is 5.32 Å². The maximum absolute atomic E-state index is 5.23. The van der Waals surface area contributed by atoms with E-state index in [0.717, 1.165) is 4.99 Å². The van der Waals surface area contributed by atoms with Gasteiger partial charge in [0.15, 0.2) is 0 Å². The van der Waals surface area contributed by atoms with Gasteiger partial charge in [-0.3, -0.25) is 0 Å². The van der Waals surface area contributed by atoms with Crippen LogP contribution in [0.5, 0.6) is 0 Å². The van der Waals surface area contributed by atoms with E-state index in [1.807, 2.05) is 0 Å². The van der Waals surface area contributed by atoms with Crippen LogP contribution in [0.2, 0.25) is 0 Å². The van der Waals surface area contributed by atoms with Crippen LogP contribution in [0.25, 0.3) is 0 Å². The first-order valence-corrected chi connectivity index (χ1v) is 5.00. The molecule has 0 saturated heterocycles. The molecule has 2 heteroatoms. The van der Waals surface area contributed by atoms with Crippen molar-refractivity contribution in [3.63, 3.8) is 0 Å². The van der Waals surface area contributed by atoms with E-state index in [-0.39, 0.29) is 5.54 Å². The monoisotopic (exact) mass is 187 g/mol. The Bertz CT molecular complexity index is 159. The second-order valence-corrected chi connectivity index (χ2v) is 4.96. The molecule has 0 bridgehead atoms. The Kier molecular flexibility index (Phi) is 4.18. The SMILES string of the molecule is CC(C)C(=S)NC(C)(C)C(C)C. The molecule has 1 N–H and O–H groups in total. The smallest absolute Gasteiger partial charge is 0.0783 e. The normalized spacial score (nSPS) is 12.3. The third-order valence-electron chi connectivity index (χ3n) is 2.41. The summed E-state index contributed by atoms with van der Waals surface area (Å²) in [6.07, 6.45) is 0. The van der Waals surface area contributed by atoms with Crippen LogP contribution >= 0.6 is 12.2 Å². The van der Waals surface area contributed by atoms with Gasteiger partial charge in [0, 0.05) is 11.5 Å². The van der Waals surface area contributed by atoms with E-state index >= 15 is 0 Å². The second kappa shape index (κ2) is 4.22. The van der Waals surface area contributed by atoms with Crippen LogP contribution in [0.4, 0.5) is 0 Å². The average molecular weight is 187 g/mol. The third-order valence-corrected chi connectivity index (χ3v) is 2.99. The van der Waals surface area contributed by atoms with E-state index in [2.05, 4.69) is 46.9 Å². The molecule has 0 aromatic rings. The molecule has 0 aliphatic heterocycles. The maximum Gasteiger partial charge on any atom is 0.0783 e. The fourth-order valence-electron chi connectivity index (χ4n) is 0.606. The fourth-order valence-corrected chi connectivity index (χ4v) is 0.869. The van der Waals surface area contributed by atoms with Crippen molar-refractivity contribution in [3.05, 3.63) is 0 Å². The van der Waals surface area contributed by atoms with E-state index in [0.29, 0.717) is 11.8 Å². The van der Waals surface area contributed by atoms with Gasteiger partial charge in [-0.15, -0.1) is 0 Å². The maximum atomic E-state index is 5.23. The predicted octanol–water partition coefficient (Wildman–Crippen LogP) is 2.99. The molecule has 0 aromatic carbocycles. The first-order chi connectivity index (χ1) is 5.27. The van der Waals surface area contributed by atoms with Crippen LogP contribution in [0.1, 0.15) is 41.5 Å². The molecule has 0 rings (SSSR count). The Hall–Kier alpha value is -0.110. The third kappa shape index (κ3) is 3.53. The molecule has 0 aliphatic rings. The zero-order chi connectivity index (χ0) is 9.94. The molecule has 0 fully saturated rings. The minimum Gasteiger partial charge on any atom is -0.374 e. The van der Waals surface area contributed by atoms with Crippen LogP contribution in [0.3, 0.4) is 0 Å². The molecule has 0 heterocycles. The topological polar surface area (TPSA) is 12.0 Å². The Labute approximate surface area is 81.9 Å². The second-order valence-electron chi connectivity index (χ2n) is 4.52. The summed E-state index contributed by atoms with van der Waals surface area (Å²) in [5, 5.41) is 3.39. The van der Waals surface area contributed by atoms with Gasteiger partial charge in [0.1, 0.15) is 0 Å². The van der Waals surface area contributed by atoms with Crippen molar-refractivity contribution in [1.29, 1.82) is 0 Å². The summed E-state index contributed by atoms with van der Waals surface area (Å²) in [4.78, 5) is 0.966. The van der Waals surface area contributed by atoms with Gasteiger partial charge in [0.2, 0.25) is 0 Å². The first kappa shape index (κ1) is 11.9. The van der Waals surface area contributed by atoms with Gasteiger partial charge in [-0.05, 0) is 19.8 Å². The fraction of sp³-hybridized carbons (Fsp3) is 0.900. The highest BCUT2D eigenvalue weighted by atomic mass is 32.1. The van der Waals surface area contributed by atoms with E-state index < -0.39 is 0 Å². The molecule has 0 aliphatic carbocycles. The standard InChI is InChI=1S/C10H21NS/c1-7(2)9(12)11-10(5,6)8(3)4/h7-8H,1-6H3,(H,11,12). The molecular formula is C10H21NS. The summed E-state index contributed by atoms with van der Waals surface area (Å²) in [6, 6.07) is 0. The summed E-state index contributed by atoms with van der Waals surface area (Å²) >= 11 is 5.23. The lowest BCUT2D eigenvalue weighted by Crippen LogP contribution is -2.48. The number of nitrogens with one attached hydrogen (secondary N) is 1. The minimum atomic E-state index is 0.112. The van der Waals surface area contributed by atoms with E-state index in [1.165, 1.54) is 0 Å². The molecule has 12 heavy (non-hydrogen) atoms. The number of hydrogen-bond acceptors (Lipinski definition) is 1. The highest BCUT2D eigenvalue weighted by Crippen LogP contribution is 2.16. The quantitative estimate of drug-likeness (QED) is 0.682. The van der Waals surface area contributed by atoms with Crippen molar-refractivity contribution in [2.75, 3.05) is 0 Å². The average Bonchev–Trinajstić information content (AvgIpc) is 1.85. The predicted molar refractivity (Wildman–Crippen MR) is 59.5 cm³/mol. The lowest BCUT2D eigenvalue weighted by Gasteiger charge is -2.32. The van der Waals surface area contributed by atoms with Crippen molar-refractivity contribution in [2.45, 2.75) is 47.1 Å². The Morgan fingerprint density at radius 1 is 1.17 bits per heavy atom. The Morgan fingerprint density at radius 3 is 1.83 bits per heavy atom. The Balaban J connectivity index is 4.15. The minimum absolute atomic E-state index is 0.112. The molecule has 0 saturated carbocycles. The van der Waals surface area contributed by atoms with Crippen molar-refractivity contribution >= 4 is 17.2 Å². The molecule has 72 valence electrons. The van der Waals surface area contributed by atoms with Gasteiger partial charge in [0.05, 0.1) is 4.99 Å². The van der Waals surface area contributed by atoms with Crippen molar-refractivity contribution < 1.29 is 0 Å². The lowest BCUT2D eigenvalue weighted by molar-refractivity contribution is 0.332. The van der Waals surface area contributed by atoms with Crippen LogP contribution in [-0.2, 0) is 0 Å². The van der Waals surface area contributed by atoms with Crippen molar-refractivity contribution in [3.8, 4) is 0 Å². The molecular weight excluding hydrogens is 166 g/mol. The lowest BCUT2D eigenvalue weighted by atomic mass is 9.90. The van der Waals surface area contributed by atoms with Gasteiger partial charge in [-0.1, -0.05) is 39.9 Å². The molecule has 0 atom stereocenters. The van der Waals surface area contributed by atoms with E-state index in [1.54, 1.807) is 0 Å². The molecule has 0 spiro atoms. The number of hydrogen-bond donors (Lipinski definition) is 1. The zero-order valence-corrected chi connectivity index (χ0v) is 9.88. The Morgan fingerprint density at radius 2 is 1.58 bits per heavy atom. The van der Waals surface area contributed by atoms with Gasteiger partial charge in [0.25, 0.3) is 0 Å². The molecule has 0 aromatic heterocycles. The van der Waals surface area contributed by atoms with Gasteiger partial charge in [-0.25, -0.2) is 0 Å². The largest absolute Gasteiger partial charge is 0.374 e. The van der Waals surface area contributed by atoms with Gasteiger partial charge >= 0.3 is 0 Å². The first-order valence-electron chi connectivity index (χ1n) is 4.59. The van der Waals surface area contributed by atoms with Crippen LogP contribution in [0.15, 0.2) is 0 Å². The van der Waals surface area contributed by atoms with Crippen LogP contribution in [-0.4, -0.2) is 10.5 Å².